The predicted molar refractivity (Wildman–Crippen MR) is 134 cm³/mol. The van der Waals surface area contributed by atoms with Gasteiger partial charge >= 0.3 is 0 Å². The molecule has 0 radical (unpaired) electrons. The third-order valence-electron chi connectivity index (χ3n) is 5.90. The Kier molecular flexibility index (Phi) is 5.23. The van der Waals surface area contributed by atoms with Gasteiger partial charge in [0.25, 0.3) is 0 Å². The van der Waals surface area contributed by atoms with Crippen molar-refractivity contribution in [3.63, 3.8) is 0 Å². The quantitative estimate of drug-likeness (QED) is 0.282. The van der Waals surface area contributed by atoms with Crippen molar-refractivity contribution in [2.75, 3.05) is 0 Å². The predicted octanol–water partition coefficient (Wildman–Crippen LogP) is 7.45. The summed E-state index contributed by atoms with van der Waals surface area (Å²) in [5, 5.41) is 9.39. The van der Waals surface area contributed by atoms with Gasteiger partial charge < -0.3 is 4.98 Å². The topological polar surface area (TPSA) is 57.4 Å². The second-order valence-electron chi connectivity index (χ2n) is 7.91. The van der Waals surface area contributed by atoms with E-state index in [-0.39, 0.29) is 5.82 Å². The lowest BCUT2D eigenvalue weighted by Gasteiger charge is -2.07. The fraction of sp³-hybridized carbons (Fsp3) is 0.0714. The van der Waals surface area contributed by atoms with Crippen molar-refractivity contribution in [2.24, 2.45) is 0 Å². The Hall–Kier alpha value is -4.25. The Balaban J connectivity index is 1.66. The average molecular weight is 435 g/mol. The van der Waals surface area contributed by atoms with Gasteiger partial charge in [0.1, 0.15) is 5.82 Å². The number of rotatable bonds is 5. The summed E-state index contributed by atoms with van der Waals surface area (Å²) >= 11 is 0. The molecule has 0 unspecified atom stereocenters. The van der Waals surface area contributed by atoms with E-state index in [1.54, 1.807) is 18.2 Å². The molecule has 0 atom stereocenters. The number of halogens is 1. The maximum atomic E-state index is 14.5. The second-order valence-corrected chi connectivity index (χ2v) is 7.91. The van der Waals surface area contributed by atoms with Crippen LogP contribution in [0.25, 0.3) is 50.0 Å². The van der Waals surface area contributed by atoms with Crippen LogP contribution in [-0.4, -0.2) is 20.2 Å². The molecule has 0 aliphatic rings. The molecule has 5 rings (SSSR count). The van der Waals surface area contributed by atoms with Gasteiger partial charge in [0.05, 0.1) is 11.4 Å². The molecule has 2 N–H and O–H groups in total. The lowest BCUT2D eigenvalue weighted by Crippen LogP contribution is -1.89. The molecule has 33 heavy (non-hydrogen) atoms. The number of pyridine rings is 1. The van der Waals surface area contributed by atoms with Gasteiger partial charge in [-0.05, 0) is 54.8 Å². The summed E-state index contributed by atoms with van der Waals surface area (Å²) in [6, 6.07) is 16.8. The number of aromatic amines is 2. The molecule has 0 aliphatic heterocycles. The van der Waals surface area contributed by atoms with E-state index in [2.05, 4.69) is 45.8 Å². The zero-order valence-corrected chi connectivity index (χ0v) is 18.5. The minimum atomic E-state index is -0.240. The van der Waals surface area contributed by atoms with Crippen molar-refractivity contribution < 1.29 is 4.39 Å². The minimum absolute atomic E-state index is 0.240. The summed E-state index contributed by atoms with van der Waals surface area (Å²) in [6.07, 6.45) is 7.68. The highest BCUT2D eigenvalue weighted by molar-refractivity contribution is 6.01. The van der Waals surface area contributed by atoms with Crippen molar-refractivity contribution in [2.45, 2.75) is 13.8 Å². The third-order valence-corrected chi connectivity index (χ3v) is 5.90. The van der Waals surface area contributed by atoms with Crippen LogP contribution in [0.15, 0.2) is 91.2 Å². The van der Waals surface area contributed by atoms with Crippen molar-refractivity contribution in [3.8, 4) is 22.5 Å². The molecule has 0 fully saturated rings. The molecular formula is C28H23FN4. The first kappa shape index (κ1) is 20.6. The molecule has 2 aromatic carbocycles. The average Bonchev–Trinajstić information content (AvgIpc) is 3.44. The maximum absolute atomic E-state index is 14.5. The summed E-state index contributed by atoms with van der Waals surface area (Å²) < 4.78 is 14.5. The minimum Gasteiger partial charge on any atom is -0.353 e. The monoisotopic (exact) mass is 434 g/mol. The standard InChI is InChI=1S/C28H23FN4/c1-4-9-17(3)19(5-2)18-14-23-27(32-33-28(23)30-16-18)26-15-22-20(11-8-13-25(22)31-26)21-10-6-7-12-24(21)29/h4-16,31H,1H2,2-3H3,(H,30,32,33)/b17-9-,19-5+. The second kappa shape index (κ2) is 8.36. The van der Waals surface area contributed by atoms with E-state index in [0.717, 1.165) is 50.0 Å². The molecule has 0 spiro atoms. The van der Waals surface area contributed by atoms with Gasteiger partial charge in [0, 0.05) is 33.6 Å². The Morgan fingerprint density at radius 3 is 2.64 bits per heavy atom. The third kappa shape index (κ3) is 3.57. The van der Waals surface area contributed by atoms with E-state index in [0.29, 0.717) is 11.2 Å². The van der Waals surface area contributed by atoms with Crippen LogP contribution in [0, 0.1) is 5.82 Å². The summed E-state index contributed by atoms with van der Waals surface area (Å²) in [4.78, 5) is 8.03. The highest BCUT2D eigenvalue weighted by Crippen LogP contribution is 2.35. The summed E-state index contributed by atoms with van der Waals surface area (Å²) in [5.74, 6) is -0.240. The number of allylic oxidation sites excluding steroid dienone is 5. The molecule has 162 valence electrons. The number of aromatic nitrogens is 4. The van der Waals surface area contributed by atoms with Gasteiger partial charge in [-0.2, -0.15) is 5.10 Å². The van der Waals surface area contributed by atoms with Crippen molar-refractivity contribution >= 4 is 27.5 Å². The largest absolute Gasteiger partial charge is 0.353 e. The summed E-state index contributed by atoms with van der Waals surface area (Å²) in [6.45, 7) is 7.87. The van der Waals surface area contributed by atoms with Gasteiger partial charge in [-0.25, -0.2) is 9.37 Å². The molecule has 3 aromatic heterocycles. The molecule has 0 saturated carbocycles. The number of nitrogens with zero attached hydrogens (tertiary/aromatic N) is 2. The van der Waals surface area contributed by atoms with E-state index in [4.69, 9.17) is 0 Å². The van der Waals surface area contributed by atoms with E-state index >= 15 is 0 Å². The van der Waals surface area contributed by atoms with Gasteiger partial charge in [0.2, 0.25) is 0 Å². The van der Waals surface area contributed by atoms with Crippen LogP contribution in [0.3, 0.4) is 0 Å². The Morgan fingerprint density at radius 2 is 1.85 bits per heavy atom. The number of H-pyrrole nitrogens is 2. The van der Waals surface area contributed by atoms with Crippen molar-refractivity contribution in [1.29, 1.82) is 0 Å². The Bertz CT molecular complexity index is 1570. The zero-order chi connectivity index (χ0) is 22.9. The molecule has 3 heterocycles. The molecule has 0 saturated heterocycles. The van der Waals surface area contributed by atoms with E-state index in [1.807, 2.05) is 49.5 Å². The zero-order valence-electron chi connectivity index (χ0n) is 18.5. The van der Waals surface area contributed by atoms with E-state index < -0.39 is 0 Å². The fourth-order valence-corrected chi connectivity index (χ4v) is 4.35. The number of nitrogens with one attached hydrogen (secondary N) is 2. The van der Waals surface area contributed by atoms with Gasteiger partial charge in [-0.1, -0.05) is 55.1 Å². The molecule has 4 nitrogen and oxygen atoms in total. The Morgan fingerprint density at radius 1 is 1.03 bits per heavy atom. The number of benzene rings is 2. The molecule has 0 bridgehead atoms. The fourth-order valence-electron chi connectivity index (χ4n) is 4.35. The van der Waals surface area contributed by atoms with Crippen LogP contribution >= 0.6 is 0 Å². The van der Waals surface area contributed by atoms with Gasteiger partial charge in [-0.15, -0.1) is 0 Å². The molecule has 5 heteroatoms. The van der Waals surface area contributed by atoms with Crippen LogP contribution in [0.2, 0.25) is 0 Å². The number of fused-ring (bicyclic) bond motifs is 2. The van der Waals surface area contributed by atoms with E-state index in [1.165, 1.54) is 6.07 Å². The molecule has 0 aliphatic carbocycles. The van der Waals surface area contributed by atoms with Crippen LogP contribution in [-0.2, 0) is 0 Å². The Labute approximate surface area is 191 Å². The normalized spacial score (nSPS) is 12.6. The van der Waals surface area contributed by atoms with Gasteiger partial charge in [-0.3, -0.25) is 5.10 Å². The first-order chi connectivity index (χ1) is 16.1. The first-order valence-electron chi connectivity index (χ1n) is 10.8. The van der Waals surface area contributed by atoms with Crippen molar-refractivity contribution in [1.82, 2.24) is 20.2 Å². The van der Waals surface area contributed by atoms with Crippen LogP contribution in [0.1, 0.15) is 19.4 Å². The van der Waals surface area contributed by atoms with Gasteiger partial charge in [0.15, 0.2) is 5.65 Å². The SMILES string of the molecule is C=C/C=C(C)\C(=C/C)c1cnc2n[nH]c(-c3cc4c(-c5ccccc5F)cccc4[nH]3)c2c1. The highest BCUT2D eigenvalue weighted by Gasteiger charge is 2.16. The smallest absolute Gasteiger partial charge is 0.181 e. The van der Waals surface area contributed by atoms with Crippen LogP contribution in [0.4, 0.5) is 4.39 Å². The molecular weight excluding hydrogens is 411 g/mol. The summed E-state index contributed by atoms with van der Waals surface area (Å²) in [5.41, 5.74) is 7.91. The lowest BCUT2D eigenvalue weighted by atomic mass is 9.98. The van der Waals surface area contributed by atoms with Crippen LogP contribution < -0.4 is 0 Å². The van der Waals surface area contributed by atoms with Crippen molar-refractivity contribution in [3.05, 3.63) is 103 Å². The lowest BCUT2D eigenvalue weighted by molar-refractivity contribution is 0.631. The molecule has 0 amide bonds. The highest BCUT2D eigenvalue weighted by atomic mass is 19.1. The summed E-state index contributed by atoms with van der Waals surface area (Å²) in [7, 11) is 0. The number of hydrogen-bond acceptors (Lipinski definition) is 2. The number of hydrogen-bond donors (Lipinski definition) is 2. The van der Waals surface area contributed by atoms with Crippen LogP contribution in [0.5, 0.6) is 0 Å². The first-order valence-corrected chi connectivity index (χ1v) is 10.8. The maximum Gasteiger partial charge on any atom is 0.181 e. The van der Waals surface area contributed by atoms with E-state index in [9.17, 15) is 4.39 Å². The molecule has 5 aromatic rings.